The van der Waals surface area contributed by atoms with Gasteiger partial charge in [0.15, 0.2) is 0 Å². The van der Waals surface area contributed by atoms with Gasteiger partial charge in [-0.1, -0.05) is 11.6 Å². The Balaban J connectivity index is 3.03. The highest BCUT2D eigenvalue weighted by Gasteiger charge is 2.08. The maximum atomic E-state index is 10.4. The number of nitrogens with one attached hydrogen (secondary N) is 1. The van der Waals surface area contributed by atoms with Crippen LogP contribution in [0.3, 0.4) is 0 Å². The van der Waals surface area contributed by atoms with E-state index in [1.54, 1.807) is 13.1 Å². The van der Waals surface area contributed by atoms with Crippen LogP contribution in [0.15, 0.2) is 23.1 Å². The van der Waals surface area contributed by atoms with Gasteiger partial charge in [0.25, 0.3) is 5.69 Å². The quantitative estimate of drug-likeness (QED) is 0.481. The van der Waals surface area contributed by atoms with Crippen LogP contribution in [0.2, 0.25) is 5.02 Å². The fraction of sp³-hybridized carbons (Fsp3) is 0.143. The predicted octanol–water partition coefficient (Wildman–Crippen LogP) is 2.47. The molecule has 0 saturated carbocycles. The van der Waals surface area contributed by atoms with Gasteiger partial charge in [0.1, 0.15) is 0 Å². The first-order valence-corrected chi connectivity index (χ1v) is 4.61. The van der Waals surface area contributed by atoms with Gasteiger partial charge < -0.3 is 0 Å². The third-order valence-corrected chi connectivity index (χ3v) is 2.18. The van der Waals surface area contributed by atoms with Gasteiger partial charge in [0.2, 0.25) is 0 Å². The lowest BCUT2D eigenvalue weighted by Gasteiger charge is -1.99. The zero-order valence-corrected chi connectivity index (χ0v) is 8.35. The number of benzene rings is 1. The van der Waals surface area contributed by atoms with Gasteiger partial charge in [0.05, 0.1) is 4.92 Å². The Morgan fingerprint density at radius 3 is 2.77 bits per heavy atom. The molecule has 1 aromatic carbocycles. The van der Waals surface area contributed by atoms with E-state index in [-0.39, 0.29) is 5.69 Å². The minimum absolute atomic E-state index is 0.00486. The number of hydrogen-bond acceptors (Lipinski definition) is 4. The zero-order chi connectivity index (χ0) is 9.84. The molecule has 1 aromatic rings. The highest BCUT2D eigenvalue weighted by Crippen LogP contribution is 2.25. The molecule has 6 heteroatoms. The van der Waals surface area contributed by atoms with Gasteiger partial charge in [-0.3, -0.25) is 14.8 Å². The molecule has 0 saturated heterocycles. The molecular weight excluding hydrogens is 212 g/mol. The van der Waals surface area contributed by atoms with E-state index in [1.165, 1.54) is 24.1 Å². The van der Waals surface area contributed by atoms with Gasteiger partial charge in [-0.15, -0.1) is 0 Å². The summed E-state index contributed by atoms with van der Waals surface area (Å²) in [4.78, 5) is 10.7. The standard InChI is InChI=1S/C7H7ClN2O2S/c1-9-13-7-3-5(8)2-6(4-7)10(11)12/h2-4,9H,1H3. The molecule has 0 spiro atoms. The van der Waals surface area contributed by atoms with Crippen LogP contribution in [0.1, 0.15) is 0 Å². The Labute approximate surface area is 84.6 Å². The van der Waals surface area contributed by atoms with Gasteiger partial charge in [0, 0.05) is 22.1 Å². The average Bonchev–Trinajstić information content (AvgIpc) is 2.03. The van der Waals surface area contributed by atoms with Crippen molar-refractivity contribution in [1.29, 1.82) is 0 Å². The SMILES string of the molecule is CNSc1cc(Cl)cc([N+](=O)[O-])c1. The van der Waals surface area contributed by atoms with E-state index >= 15 is 0 Å². The second-order valence-corrected chi connectivity index (χ2v) is 3.73. The number of nitro groups is 1. The van der Waals surface area contributed by atoms with Crippen molar-refractivity contribution in [3.8, 4) is 0 Å². The Morgan fingerprint density at radius 1 is 1.54 bits per heavy atom. The first kappa shape index (κ1) is 10.3. The maximum Gasteiger partial charge on any atom is 0.272 e. The number of rotatable bonds is 3. The average molecular weight is 219 g/mol. The topological polar surface area (TPSA) is 55.2 Å². The Kier molecular flexibility index (Phi) is 3.53. The molecule has 0 aliphatic rings. The molecule has 0 radical (unpaired) electrons. The van der Waals surface area contributed by atoms with Crippen molar-refractivity contribution in [2.75, 3.05) is 7.05 Å². The highest BCUT2D eigenvalue weighted by atomic mass is 35.5. The number of nitrogens with zero attached hydrogens (tertiary/aromatic N) is 1. The summed E-state index contributed by atoms with van der Waals surface area (Å²) in [6, 6.07) is 4.45. The first-order chi connectivity index (χ1) is 6.13. The molecule has 0 amide bonds. The van der Waals surface area contributed by atoms with Crippen LogP contribution >= 0.6 is 23.5 Å². The molecule has 4 nitrogen and oxygen atoms in total. The molecule has 0 bridgehead atoms. The van der Waals surface area contributed by atoms with Crippen molar-refractivity contribution in [3.05, 3.63) is 33.3 Å². The smallest absolute Gasteiger partial charge is 0.263 e. The molecule has 1 rings (SSSR count). The van der Waals surface area contributed by atoms with E-state index in [0.717, 1.165) is 4.90 Å². The van der Waals surface area contributed by atoms with Gasteiger partial charge in [-0.2, -0.15) is 0 Å². The molecule has 0 aromatic heterocycles. The van der Waals surface area contributed by atoms with Crippen molar-refractivity contribution in [3.63, 3.8) is 0 Å². The molecule has 0 unspecified atom stereocenters. The zero-order valence-electron chi connectivity index (χ0n) is 6.78. The van der Waals surface area contributed by atoms with Crippen molar-refractivity contribution in [1.82, 2.24) is 4.72 Å². The summed E-state index contributed by atoms with van der Waals surface area (Å²) < 4.78 is 2.81. The number of nitro benzene ring substituents is 1. The van der Waals surface area contributed by atoms with Crippen molar-refractivity contribution in [2.24, 2.45) is 0 Å². The minimum atomic E-state index is -0.467. The second-order valence-electron chi connectivity index (χ2n) is 2.21. The lowest BCUT2D eigenvalue weighted by molar-refractivity contribution is -0.385. The van der Waals surface area contributed by atoms with Crippen LogP contribution in [0.4, 0.5) is 5.69 Å². The molecule has 1 N–H and O–H groups in total. The molecule has 0 aliphatic heterocycles. The van der Waals surface area contributed by atoms with Crippen LogP contribution in [0, 0.1) is 10.1 Å². The number of halogens is 1. The normalized spacial score (nSPS) is 10.0. The summed E-state index contributed by atoms with van der Waals surface area (Å²) in [6.45, 7) is 0. The van der Waals surface area contributed by atoms with Crippen molar-refractivity contribution in [2.45, 2.75) is 4.90 Å². The van der Waals surface area contributed by atoms with Crippen molar-refractivity contribution >= 4 is 29.2 Å². The molecule has 13 heavy (non-hydrogen) atoms. The van der Waals surface area contributed by atoms with E-state index in [9.17, 15) is 10.1 Å². The fourth-order valence-corrected chi connectivity index (χ4v) is 1.73. The highest BCUT2D eigenvalue weighted by molar-refractivity contribution is 7.97. The summed E-state index contributed by atoms with van der Waals surface area (Å²) in [5, 5.41) is 10.8. The molecule has 0 atom stereocenters. The third kappa shape index (κ3) is 2.87. The predicted molar refractivity (Wildman–Crippen MR) is 53.0 cm³/mol. The first-order valence-electron chi connectivity index (χ1n) is 3.42. The van der Waals surface area contributed by atoms with E-state index in [0.29, 0.717) is 5.02 Å². The largest absolute Gasteiger partial charge is 0.272 e. The van der Waals surface area contributed by atoms with Crippen LogP contribution in [0.5, 0.6) is 0 Å². The third-order valence-electron chi connectivity index (χ3n) is 1.29. The van der Waals surface area contributed by atoms with Crippen LogP contribution < -0.4 is 4.72 Å². The lowest BCUT2D eigenvalue weighted by Crippen LogP contribution is -1.92. The van der Waals surface area contributed by atoms with E-state index in [1.807, 2.05) is 0 Å². The van der Waals surface area contributed by atoms with Crippen LogP contribution in [-0.2, 0) is 0 Å². The monoisotopic (exact) mass is 218 g/mol. The summed E-state index contributed by atoms with van der Waals surface area (Å²) in [5.41, 5.74) is 0.00486. The second kappa shape index (κ2) is 4.45. The van der Waals surface area contributed by atoms with Crippen LogP contribution in [0.25, 0.3) is 0 Å². The Hall–Kier alpha value is -0.780. The Bertz CT molecular complexity index is 332. The van der Waals surface area contributed by atoms with E-state index in [2.05, 4.69) is 4.72 Å². The molecule has 0 heterocycles. The molecular formula is C7H7ClN2O2S. The number of hydrogen-bond donors (Lipinski definition) is 1. The molecule has 0 aliphatic carbocycles. The number of non-ortho nitro benzene ring substituents is 1. The lowest BCUT2D eigenvalue weighted by atomic mass is 10.3. The Morgan fingerprint density at radius 2 is 2.23 bits per heavy atom. The minimum Gasteiger partial charge on any atom is -0.263 e. The maximum absolute atomic E-state index is 10.4. The van der Waals surface area contributed by atoms with Crippen molar-refractivity contribution < 1.29 is 4.92 Å². The van der Waals surface area contributed by atoms with Gasteiger partial charge in [-0.25, -0.2) is 0 Å². The summed E-state index contributed by atoms with van der Waals surface area (Å²) >= 11 is 6.97. The van der Waals surface area contributed by atoms with E-state index in [4.69, 9.17) is 11.6 Å². The summed E-state index contributed by atoms with van der Waals surface area (Å²) in [6.07, 6.45) is 0. The fourth-order valence-electron chi connectivity index (χ4n) is 0.830. The van der Waals surface area contributed by atoms with Gasteiger partial charge in [-0.05, 0) is 25.1 Å². The summed E-state index contributed by atoms with van der Waals surface area (Å²) in [5.74, 6) is 0. The molecule has 70 valence electrons. The van der Waals surface area contributed by atoms with Gasteiger partial charge >= 0.3 is 0 Å². The molecule has 0 fully saturated rings. The summed E-state index contributed by atoms with van der Waals surface area (Å²) in [7, 11) is 1.73. The van der Waals surface area contributed by atoms with E-state index < -0.39 is 4.92 Å². The van der Waals surface area contributed by atoms with Crippen LogP contribution in [-0.4, -0.2) is 12.0 Å².